The number of benzene rings is 3. The number of halogens is 2. The van der Waals surface area contributed by atoms with Crippen LogP contribution in [-0.2, 0) is 0 Å². The molecule has 3 aromatic carbocycles. The van der Waals surface area contributed by atoms with Crippen LogP contribution >= 0.6 is 27.5 Å². The van der Waals surface area contributed by atoms with Gasteiger partial charge in [0.25, 0.3) is 5.91 Å². The molecular formula is C24H21BrClN5O. The lowest BCUT2D eigenvalue weighted by atomic mass is 10.1. The first-order chi connectivity index (χ1) is 15.2. The standard InChI is InChI=1S/C24H21BrClN5O/c1-14-10-22(24(32)28-21-9-6-17(13-20(21)26)23(27)30(2)3)31(29-14)19-8-5-15-11-18(25)7-4-16(15)12-19/h4-13,27H,1-3H3,(H,28,32). The van der Waals surface area contributed by atoms with E-state index in [1.165, 1.54) is 0 Å². The molecule has 1 heterocycles. The van der Waals surface area contributed by atoms with E-state index in [-0.39, 0.29) is 5.91 Å². The first kappa shape index (κ1) is 22.0. The monoisotopic (exact) mass is 509 g/mol. The quantitative estimate of drug-likeness (QED) is 0.266. The third kappa shape index (κ3) is 4.40. The van der Waals surface area contributed by atoms with Crippen LogP contribution in [0.4, 0.5) is 5.69 Å². The Morgan fingerprint density at radius 2 is 1.78 bits per heavy atom. The zero-order valence-electron chi connectivity index (χ0n) is 17.8. The van der Waals surface area contributed by atoms with Crippen molar-refractivity contribution < 1.29 is 4.79 Å². The van der Waals surface area contributed by atoms with Crippen molar-refractivity contribution in [2.75, 3.05) is 19.4 Å². The summed E-state index contributed by atoms with van der Waals surface area (Å²) in [5.41, 5.74) is 3.06. The summed E-state index contributed by atoms with van der Waals surface area (Å²) in [4.78, 5) is 14.8. The average molecular weight is 511 g/mol. The molecule has 6 nitrogen and oxygen atoms in total. The maximum absolute atomic E-state index is 13.1. The van der Waals surface area contributed by atoms with Crippen LogP contribution in [0.1, 0.15) is 21.7 Å². The highest BCUT2D eigenvalue weighted by Gasteiger charge is 2.18. The van der Waals surface area contributed by atoms with Crippen molar-refractivity contribution in [3.8, 4) is 5.69 Å². The van der Waals surface area contributed by atoms with Crippen LogP contribution in [0.3, 0.4) is 0 Å². The molecule has 0 atom stereocenters. The number of carbonyl (C=O) groups is 1. The minimum Gasteiger partial charge on any atom is -0.363 e. The molecule has 8 heteroatoms. The van der Waals surface area contributed by atoms with Crippen LogP contribution in [-0.4, -0.2) is 40.5 Å². The molecule has 32 heavy (non-hydrogen) atoms. The second kappa shape index (κ2) is 8.76. The minimum absolute atomic E-state index is 0.321. The van der Waals surface area contributed by atoms with Gasteiger partial charge in [0.15, 0.2) is 0 Å². The van der Waals surface area contributed by atoms with Gasteiger partial charge in [-0.05, 0) is 66.2 Å². The molecule has 2 N–H and O–H groups in total. The minimum atomic E-state index is -0.321. The first-order valence-corrected chi connectivity index (χ1v) is 11.0. The summed E-state index contributed by atoms with van der Waals surface area (Å²) < 4.78 is 2.65. The number of fused-ring (bicyclic) bond motifs is 1. The number of anilines is 1. The van der Waals surface area contributed by atoms with Gasteiger partial charge in [0, 0.05) is 24.1 Å². The van der Waals surface area contributed by atoms with Crippen LogP contribution in [0.2, 0.25) is 5.02 Å². The van der Waals surface area contributed by atoms with Crippen LogP contribution in [0.5, 0.6) is 0 Å². The van der Waals surface area contributed by atoms with Gasteiger partial charge in [-0.2, -0.15) is 5.10 Å². The van der Waals surface area contributed by atoms with E-state index in [1.807, 2.05) is 43.3 Å². The second-order valence-corrected chi connectivity index (χ2v) is 8.97. The lowest BCUT2D eigenvalue weighted by molar-refractivity contribution is 0.101. The van der Waals surface area contributed by atoms with E-state index in [2.05, 4.69) is 26.3 Å². The SMILES string of the molecule is Cc1cc(C(=O)Nc2ccc(C(=N)N(C)C)cc2Cl)n(-c2ccc3cc(Br)ccc3c2)n1. The van der Waals surface area contributed by atoms with Crippen molar-refractivity contribution in [1.29, 1.82) is 5.41 Å². The van der Waals surface area contributed by atoms with E-state index in [1.54, 1.807) is 47.9 Å². The number of rotatable bonds is 4. The van der Waals surface area contributed by atoms with Gasteiger partial charge in [-0.3, -0.25) is 10.2 Å². The van der Waals surface area contributed by atoms with Gasteiger partial charge in [-0.15, -0.1) is 0 Å². The Balaban J connectivity index is 1.65. The molecule has 1 aromatic heterocycles. The van der Waals surface area contributed by atoms with Gasteiger partial charge in [-0.25, -0.2) is 4.68 Å². The van der Waals surface area contributed by atoms with Gasteiger partial charge in [0.1, 0.15) is 11.5 Å². The van der Waals surface area contributed by atoms with E-state index in [0.29, 0.717) is 27.8 Å². The van der Waals surface area contributed by atoms with E-state index >= 15 is 0 Å². The second-order valence-electron chi connectivity index (χ2n) is 7.65. The number of aryl methyl sites for hydroxylation is 1. The highest BCUT2D eigenvalue weighted by molar-refractivity contribution is 9.10. The number of nitrogens with zero attached hydrogens (tertiary/aromatic N) is 3. The van der Waals surface area contributed by atoms with Gasteiger partial charge < -0.3 is 10.2 Å². The highest BCUT2D eigenvalue weighted by atomic mass is 79.9. The van der Waals surface area contributed by atoms with Crippen LogP contribution in [0.15, 0.2) is 65.1 Å². The Morgan fingerprint density at radius 3 is 2.50 bits per heavy atom. The summed E-state index contributed by atoms with van der Waals surface area (Å²) in [5, 5.41) is 18.0. The predicted octanol–water partition coefficient (Wildman–Crippen LogP) is 5.89. The van der Waals surface area contributed by atoms with Gasteiger partial charge >= 0.3 is 0 Å². The number of hydrogen-bond acceptors (Lipinski definition) is 3. The summed E-state index contributed by atoms with van der Waals surface area (Å²) in [6.07, 6.45) is 0. The van der Waals surface area contributed by atoms with E-state index in [4.69, 9.17) is 17.0 Å². The fourth-order valence-electron chi connectivity index (χ4n) is 3.40. The number of nitrogens with one attached hydrogen (secondary N) is 2. The Labute approximate surface area is 199 Å². The Bertz CT molecular complexity index is 1360. The van der Waals surface area contributed by atoms with Crippen molar-refractivity contribution in [3.05, 3.63) is 87.1 Å². The number of amides is 1. The zero-order chi connectivity index (χ0) is 23.0. The van der Waals surface area contributed by atoms with Crippen LogP contribution in [0, 0.1) is 12.3 Å². The lowest BCUT2D eigenvalue weighted by Gasteiger charge is -2.15. The molecule has 4 rings (SSSR count). The topological polar surface area (TPSA) is 74.0 Å². The summed E-state index contributed by atoms with van der Waals surface area (Å²) in [6, 6.07) is 18.9. The average Bonchev–Trinajstić information content (AvgIpc) is 3.16. The number of aromatic nitrogens is 2. The summed E-state index contributed by atoms with van der Waals surface area (Å²) in [6.45, 7) is 1.85. The molecule has 0 fully saturated rings. The fourth-order valence-corrected chi connectivity index (χ4v) is 4.01. The van der Waals surface area contributed by atoms with Crippen LogP contribution in [0.25, 0.3) is 16.5 Å². The van der Waals surface area contributed by atoms with Crippen molar-refractivity contribution in [2.24, 2.45) is 0 Å². The van der Waals surface area contributed by atoms with Gasteiger partial charge in [-0.1, -0.05) is 39.7 Å². The lowest BCUT2D eigenvalue weighted by Crippen LogP contribution is -2.22. The summed E-state index contributed by atoms with van der Waals surface area (Å²) >= 11 is 9.88. The molecule has 0 aliphatic heterocycles. The highest BCUT2D eigenvalue weighted by Crippen LogP contribution is 2.26. The van der Waals surface area contributed by atoms with Crippen molar-refractivity contribution >= 4 is 55.7 Å². The van der Waals surface area contributed by atoms with E-state index < -0.39 is 0 Å². The maximum atomic E-state index is 13.1. The van der Waals surface area contributed by atoms with Crippen molar-refractivity contribution in [2.45, 2.75) is 6.92 Å². The largest absolute Gasteiger partial charge is 0.363 e. The third-order valence-electron chi connectivity index (χ3n) is 5.03. The molecule has 0 radical (unpaired) electrons. The predicted molar refractivity (Wildman–Crippen MR) is 133 cm³/mol. The molecule has 0 unspecified atom stereocenters. The molecule has 0 saturated carbocycles. The molecular weight excluding hydrogens is 490 g/mol. The Morgan fingerprint density at radius 1 is 1.06 bits per heavy atom. The van der Waals surface area contributed by atoms with E-state index in [0.717, 1.165) is 26.6 Å². The molecule has 0 bridgehead atoms. The smallest absolute Gasteiger partial charge is 0.274 e. The first-order valence-electron chi connectivity index (χ1n) is 9.86. The molecule has 4 aromatic rings. The number of carbonyl (C=O) groups excluding carboxylic acids is 1. The van der Waals surface area contributed by atoms with Gasteiger partial charge in [0.2, 0.25) is 0 Å². The molecule has 0 spiro atoms. The van der Waals surface area contributed by atoms with Crippen LogP contribution < -0.4 is 5.32 Å². The molecule has 0 aliphatic rings. The fraction of sp³-hybridized carbons (Fsp3) is 0.125. The van der Waals surface area contributed by atoms with Crippen molar-refractivity contribution in [1.82, 2.24) is 14.7 Å². The molecule has 0 aliphatic carbocycles. The van der Waals surface area contributed by atoms with Gasteiger partial charge in [0.05, 0.1) is 22.1 Å². The normalized spacial score (nSPS) is 10.9. The molecule has 162 valence electrons. The summed E-state index contributed by atoms with van der Waals surface area (Å²) in [5.74, 6) is 0.0145. The zero-order valence-corrected chi connectivity index (χ0v) is 20.1. The number of amidine groups is 1. The Hall–Kier alpha value is -3.16. The molecule has 0 saturated heterocycles. The third-order valence-corrected chi connectivity index (χ3v) is 5.84. The maximum Gasteiger partial charge on any atom is 0.274 e. The van der Waals surface area contributed by atoms with E-state index in [9.17, 15) is 4.79 Å². The molecule has 1 amide bonds. The Kier molecular flexibility index (Phi) is 6.04. The summed E-state index contributed by atoms with van der Waals surface area (Å²) in [7, 11) is 3.59. The van der Waals surface area contributed by atoms with Crippen molar-refractivity contribution in [3.63, 3.8) is 0 Å². The number of hydrogen-bond donors (Lipinski definition) is 2.